The van der Waals surface area contributed by atoms with Crippen molar-refractivity contribution in [1.29, 1.82) is 0 Å². The van der Waals surface area contributed by atoms with Crippen molar-refractivity contribution in [3.8, 4) is 0 Å². The van der Waals surface area contributed by atoms with E-state index < -0.39 is 116 Å². The van der Waals surface area contributed by atoms with Gasteiger partial charge in [0.25, 0.3) is 0 Å². The summed E-state index contributed by atoms with van der Waals surface area (Å²) in [5, 5.41) is 89.5. The second-order valence-electron chi connectivity index (χ2n) is 14.0. The zero-order valence-electron chi connectivity index (χ0n) is 30.9. The van der Waals surface area contributed by atoms with Crippen LogP contribution in [0.3, 0.4) is 0 Å². The van der Waals surface area contributed by atoms with Gasteiger partial charge in [-0.3, -0.25) is 4.79 Å². The van der Waals surface area contributed by atoms with E-state index in [2.05, 4.69) is 10.6 Å². The highest BCUT2D eigenvalue weighted by Gasteiger charge is 2.48. The van der Waals surface area contributed by atoms with Crippen molar-refractivity contribution in [2.24, 2.45) is 11.7 Å². The van der Waals surface area contributed by atoms with Gasteiger partial charge in [-0.2, -0.15) is 0 Å². The molecule has 0 aliphatic carbocycles. The number of carboxylic acids is 1. The Morgan fingerprint density at radius 1 is 0.945 bits per heavy atom. The Kier molecular flexibility index (Phi) is 18.6. The van der Waals surface area contributed by atoms with E-state index in [4.69, 9.17) is 29.8 Å². The second kappa shape index (κ2) is 22.3. The Morgan fingerprint density at radius 3 is 2.29 bits per heavy atom. The largest absolute Gasteiger partial charge is 0.481 e. The average molecular weight is 784 g/mol. The van der Waals surface area contributed by atoms with E-state index in [0.717, 1.165) is 12.2 Å². The minimum absolute atomic E-state index is 0.133. The van der Waals surface area contributed by atoms with Crippen LogP contribution in [-0.4, -0.2) is 151 Å². The standard InChI is InChI=1S/C37H57N3O15/c1-3-22-10-8-6-4-5-7-9-11-24(54-35-34(49)32(38)28(45)20-52-35)17-29-33(40-36(50)39-15-14-30(46)47)27(44)19-37(51,55-29)18-23(41)16-26(43)25(42)12-13-31(48)53-21(22)2/h4-13,21-29,32-35,41-45,49,51H,3,14-20,38H2,1-2H3,(H,46,47)(H2,39,40,50)/b6-4+,7-5+,10-8+,11-9+,13-12+/t21-,22+,23+,24+,25-,26-,27+,28-,29+,32+,33-,34+,35+,37-/m1/s1. The maximum atomic E-state index is 12.8. The van der Waals surface area contributed by atoms with Crippen LogP contribution in [0, 0.1) is 5.92 Å². The summed E-state index contributed by atoms with van der Waals surface area (Å²) in [5.41, 5.74) is 5.94. The SMILES string of the molecule is CC[C@H]1/C=C/C=C/C=C/C=C/[C@H](O[C@@H]2OC[C@@H](O)[C@H](N)[C@@H]2O)C[C@@H]2O[C@](O)(C[C@@H](O)C[C@@H](O)[C@H](O)/C=C/C(=O)O[C@@H]1C)C[C@H](O)[C@H]2NC(=O)NCCC(=O)O. The number of rotatable bonds is 7. The molecule has 12 N–H and O–H groups in total. The van der Waals surface area contributed by atoms with E-state index in [1.54, 1.807) is 49.5 Å². The first-order valence-corrected chi connectivity index (χ1v) is 18.4. The zero-order valence-corrected chi connectivity index (χ0v) is 30.9. The summed E-state index contributed by atoms with van der Waals surface area (Å²) in [7, 11) is 0. The Hall–Kier alpha value is -3.53. The van der Waals surface area contributed by atoms with Crippen LogP contribution in [0.5, 0.6) is 0 Å². The van der Waals surface area contributed by atoms with Crippen LogP contribution in [0.1, 0.15) is 52.4 Å². The third kappa shape index (κ3) is 15.1. The molecule has 55 heavy (non-hydrogen) atoms. The summed E-state index contributed by atoms with van der Waals surface area (Å²) in [6.45, 7) is 3.18. The summed E-state index contributed by atoms with van der Waals surface area (Å²) < 4.78 is 23.1. The van der Waals surface area contributed by atoms with Gasteiger partial charge in [0.1, 0.15) is 12.2 Å². The molecule has 14 atom stereocenters. The molecule has 0 aromatic rings. The fourth-order valence-corrected chi connectivity index (χ4v) is 6.38. The van der Waals surface area contributed by atoms with E-state index in [0.29, 0.717) is 6.42 Å². The molecule has 3 aliphatic rings. The molecule has 2 amide bonds. The van der Waals surface area contributed by atoms with Crippen LogP contribution in [-0.2, 0) is 28.5 Å². The molecule has 3 rings (SSSR count). The molecular formula is C37H57N3O15. The topological polar surface area (TPSA) is 300 Å². The minimum atomic E-state index is -2.26. The number of nitrogens with two attached hydrogens (primary N) is 1. The lowest BCUT2D eigenvalue weighted by Crippen LogP contribution is -2.63. The highest BCUT2D eigenvalue weighted by molar-refractivity contribution is 5.82. The van der Waals surface area contributed by atoms with E-state index in [1.807, 2.05) is 13.0 Å². The number of carboxylic acid groups (broad SMARTS) is 1. The number of fused-ring (bicyclic) bond motifs is 2. The summed E-state index contributed by atoms with van der Waals surface area (Å²) in [4.78, 5) is 36.2. The number of esters is 1. The number of ether oxygens (including phenoxy) is 4. The molecule has 3 heterocycles. The second-order valence-corrected chi connectivity index (χ2v) is 14.0. The Bertz CT molecular complexity index is 1390. The van der Waals surface area contributed by atoms with Crippen LogP contribution in [0.25, 0.3) is 0 Å². The maximum absolute atomic E-state index is 12.8. The molecule has 0 aromatic carbocycles. The molecule has 310 valence electrons. The molecule has 2 fully saturated rings. The van der Waals surface area contributed by atoms with Crippen LogP contribution < -0.4 is 16.4 Å². The number of hydrogen-bond donors (Lipinski definition) is 11. The number of aliphatic hydroxyl groups is 7. The van der Waals surface area contributed by atoms with E-state index >= 15 is 0 Å². The van der Waals surface area contributed by atoms with Crippen LogP contribution in [0.15, 0.2) is 60.8 Å². The normalized spacial score (nSPS) is 41.3. The van der Waals surface area contributed by atoms with E-state index in [1.165, 1.54) is 0 Å². The van der Waals surface area contributed by atoms with Gasteiger partial charge in [0, 0.05) is 44.2 Å². The van der Waals surface area contributed by atoms with E-state index in [-0.39, 0.29) is 31.9 Å². The molecule has 0 radical (unpaired) electrons. The molecule has 0 aromatic heterocycles. The average Bonchev–Trinajstić information content (AvgIpc) is 3.10. The fourth-order valence-electron chi connectivity index (χ4n) is 6.38. The quantitative estimate of drug-likeness (QED) is 0.135. The lowest BCUT2D eigenvalue weighted by molar-refractivity contribution is -0.299. The first kappa shape index (κ1) is 45.9. The number of aliphatic carboxylic acids is 1. The van der Waals surface area contributed by atoms with Gasteiger partial charge in [0.2, 0.25) is 0 Å². The van der Waals surface area contributed by atoms with Crippen LogP contribution >= 0.6 is 0 Å². The van der Waals surface area contributed by atoms with Gasteiger partial charge in [0.15, 0.2) is 12.1 Å². The zero-order chi connectivity index (χ0) is 40.7. The number of cyclic esters (lactones) is 1. The highest BCUT2D eigenvalue weighted by atomic mass is 16.7. The number of carbonyl (C=O) groups excluding carboxylic acids is 2. The van der Waals surface area contributed by atoms with Gasteiger partial charge in [-0.25, -0.2) is 9.59 Å². The van der Waals surface area contributed by atoms with Crippen molar-refractivity contribution in [2.75, 3.05) is 13.2 Å². The third-order valence-corrected chi connectivity index (χ3v) is 9.47. The van der Waals surface area contributed by atoms with Crippen molar-refractivity contribution < 1.29 is 74.2 Å². The molecule has 2 bridgehead atoms. The molecule has 0 unspecified atom stereocenters. The predicted octanol–water partition coefficient (Wildman–Crippen LogP) is -1.24. The molecular weight excluding hydrogens is 726 g/mol. The van der Waals surface area contributed by atoms with Crippen molar-refractivity contribution >= 4 is 18.0 Å². The van der Waals surface area contributed by atoms with Gasteiger partial charge >= 0.3 is 18.0 Å². The van der Waals surface area contributed by atoms with Crippen molar-refractivity contribution in [3.05, 3.63) is 60.8 Å². The number of carbonyl (C=O) groups is 3. The number of nitrogens with one attached hydrogen (secondary N) is 2. The Labute approximate surface area is 319 Å². The molecule has 3 aliphatic heterocycles. The molecule has 0 spiro atoms. The number of allylic oxidation sites excluding steroid dienone is 6. The van der Waals surface area contributed by atoms with Gasteiger partial charge in [-0.15, -0.1) is 0 Å². The molecule has 18 nitrogen and oxygen atoms in total. The summed E-state index contributed by atoms with van der Waals surface area (Å²) in [5.74, 6) is -4.29. The van der Waals surface area contributed by atoms with Gasteiger partial charge in [-0.1, -0.05) is 55.5 Å². The monoisotopic (exact) mass is 783 g/mol. The fraction of sp³-hybridized carbons (Fsp3) is 0.649. The van der Waals surface area contributed by atoms with Crippen molar-refractivity contribution in [1.82, 2.24) is 10.6 Å². The van der Waals surface area contributed by atoms with Crippen molar-refractivity contribution in [2.45, 2.75) is 131 Å². The summed E-state index contributed by atoms with van der Waals surface area (Å²) in [6, 6.07) is -3.19. The predicted molar refractivity (Wildman–Crippen MR) is 195 cm³/mol. The Balaban J connectivity index is 1.97. The van der Waals surface area contributed by atoms with Gasteiger partial charge in [0.05, 0.1) is 67.8 Å². The summed E-state index contributed by atoms with van der Waals surface area (Å²) in [6.07, 6.45) is 1.13. The summed E-state index contributed by atoms with van der Waals surface area (Å²) >= 11 is 0. The minimum Gasteiger partial charge on any atom is -0.481 e. The number of amides is 2. The lowest BCUT2D eigenvalue weighted by atomic mass is 9.87. The molecule has 18 heteroatoms. The number of aliphatic hydroxyl groups excluding tert-OH is 6. The molecule has 0 saturated carbocycles. The number of urea groups is 1. The van der Waals surface area contributed by atoms with E-state index in [9.17, 15) is 50.1 Å². The lowest BCUT2D eigenvalue weighted by Gasteiger charge is -2.46. The van der Waals surface area contributed by atoms with Crippen LogP contribution in [0.4, 0.5) is 4.79 Å². The smallest absolute Gasteiger partial charge is 0.330 e. The maximum Gasteiger partial charge on any atom is 0.330 e. The van der Waals surface area contributed by atoms with Gasteiger partial charge in [-0.05, 0) is 19.4 Å². The Morgan fingerprint density at radius 2 is 1.62 bits per heavy atom. The van der Waals surface area contributed by atoms with Crippen molar-refractivity contribution in [3.63, 3.8) is 0 Å². The third-order valence-electron chi connectivity index (χ3n) is 9.47. The first-order valence-electron chi connectivity index (χ1n) is 18.4. The van der Waals surface area contributed by atoms with Crippen LogP contribution in [0.2, 0.25) is 0 Å². The first-order chi connectivity index (χ1) is 26.0. The van der Waals surface area contributed by atoms with Gasteiger partial charge < -0.3 is 76.2 Å². The molecule has 2 saturated heterocycles. The highest BCUT2D eigenvalue weighted by Crippen LogP contribution is 2.35. The number of hydrogen-bond acceptors (Lipinski definition) is 15.